The number of aromatic nitrogens is 1. The van der Waals surface area contributed by atoms with Crippen LogP contribution in [0.2, 0.25) is 0 Å². The van der Waals surface area contributed by atoms with E-state index < -0.39 is 0 Å². The van der Waals surface area contributed by atoms with Crippen molar-refractivity contribution in [1.82, 2.24) is 10.1 Å². The fourth-order valence-electron chi connectivity index (χ4n) is 4.00. The molecule has 2 fully saturated rings. The molecular weight excluding hydrogens is 372 g/mol. The topological polar surface area (TPSA) is 95.8 Å². The molecule has 0 bridgehead atoms. The Morgan fingerprint density at radius 3 is 2.52 bits per heavy atom. The van der Waals surface area contributed by atoms with Gasteiger partial charge in [-0.2, -0.15) is 0 Å². The third-order valence-electron chi connectivity index (χ3n) is 5.60. The van der Waals surface area contributed by atoms with Crippen LogP contribution in [0.1, 0.15) is 25.0 Å². The molecule has 0 radical (unpaired) electrons. The normalized spacial score (nSPS) is 20.2. The molecule has 8 nitrogen and oxygen atoms in total. The number of hydrogen-bond donors (Lipinski definition) is 1. The lowest BCUT2D eigenvalue weighted by atomic mass is 9.94. The number of para-hydroxylation sites is 1. The Balaban J connectivity index is 1.30. The molecule has 2 aromatic rings. The van der Waals surface area contributed by atoms with Crippen molar-refractivity contribution in [3.8, 4) is 0 Å². The highest BCUT2D eigenvalue weighted by molar-refractivity contribution is 6.00. The van der Waals surface area contributed by atoms with Crippen LogP contribution < -0.4 is 10.2 Å². The number of carbonyl (C=O) groups is 3. The molecule has 2 aliphatic heterocycles. The third kappa shape index (κ3) is 4.16. The van der Waals surface area contributed by atoms with Crippen molar-refractivity contribution in [3.05, 3.63) is 42.2 Å². The highest BCUT2D eigenvalue weighted by Crippen LogP contribution is 2.28. The lowest BCUT2D eigenvalue weighted by Gasteiger charge is -2.32. The molecule has 1 aromatic heterocycles. The second-order valence-electron chi connectivity index (χ2n) is 7.65. The van der Waals surface area contributed by atoms with Gasteiger partial charge in [-0.25, -0.2) is 0 Å². The number of nitrogens with one attached hydrogen (secondary N) is 1. The Hall–Kier alpha value is -3.16. The number of rotatable bonds is 4. The maximum absolute atomic E-state index is 12.9. The zero-order chi connectivity index (χ0) is 20.4. The quantitative estimate of drug-likeness (QED) is 0.855. The fourth-order valence-corrected chi connectivity index (χ4v) is 4.00. The van der Waals surface area contributed by atoms with Crippen LogP contribution in [0.25, 0.3) is 0 Å². The molecule has 2 saturated heterocycles. The average molecular weight is 396 g/mol. The smallest absolute Gasteiger partial charge is 0.228 e. The van der Waals surface area contributed by atoms with Crippen LogP contribution in [-0.4, -0.2) is 47.4 Å². The predicted molar refractivity (Wildman–Crippen MR) is 106 cm³/mol. The maximum atomic E-state index is 12.9. The summed E-state index contributed by atoms with van der Waals surface area (Å²) in [5.41, 5.74) is 0.825. The van der Waals surface area contributed by atoms with Gasteiger partial charge in [0.2, 0.25) is 17.7 Å². The van der Waals surface area contributed by atoms with Crippen LogP contribution in [0.4, 0.5) is 11.5 Å². The van der Waals surface area contributed by atoms with E-state index in [4.69, 9.17) is 4.52 Å². The van der Waals surface area contributed by atoms with E-state index in [1.54, 1.807) is 22.8 Å². The summed E-state index contributed by atoms with van der Waals surface area (Å²) in [7, 11) is 0. The van der Waals surface area contributed by atoms with Crippen molar-refractivity contribution in [3.63, 3.8) is 0 Å². The summed E-state index contributed by atoms with van der Waals surface area (Å²) in [6, 6.07) is 11.1. The summed E-state index contributed by atoms with van der Waals surface area (Å²) in [5, 5.41) is 6.54. The highest BCUT2D eigenvalue weighted by atomic mass is 16.5. The molecule has 1 unspecified atom stereocenters. The minimum atomic E-state index is -0.328. The largest absolute Gasteiger partial charge is 0.360 e. The molecule has 3 amide bonds. The first-order chi connectivity index (χ1) is 14.0. The first-order valence-corrected chi connectivity index (χ1v) is 9.89. The summed E-state index contributed by atoms with van der Waals surface area (Å²) in [6.45, 7) is 3.21. The van der Waals surface area contributed by atoms with Gasteiger partial charge in [0.25, 0.3) is 0 Å². The zero-order valence-corrected chi connectivity index (χ0v) is 16.3. The van der Waals surface area contributed by atoms with Gasteiger partial charge in [0.15, 0.2) is 5.82 Å². The van der Waals surface area contributed by atoms with Crippen LogP contribution in [0.3, 0.4) is 0 Å². The summed E-state index contributed by atoms with van der Waals surface area (Å²) in [5.74, 6) is 0.437. The summed E-state index contributed by atoms with van der Waals surface area (Å²) < 4.78 is 4.96. The molecule has 1 N–H and O–H groups in total. The van der Waals surface area contributed by atoms with Crippen molar-refractivity contribution in [2.24, 2.45) is 11.8 Å². The molecule has 2 aliphatic rings. The van der Waals surface area contributed by atoms with Crippen LogP contribution in [0, 0.1) is 18.8 Å². The molecule has 0 aliphatic carbocycles. The molecule has 0 spiro atoms. The van der Waals surface area contributed by atoms with Gasteiger partial charge in [-0.3, -0.25) is 14.4 Å². The van der Waals surface area contributed by atoms with Gasteiger partial charge in [0.05, 0.1) is 5.92 Å². The highest BCUT2D eigenvalue weighted by Gasteiger charge is 2.38. The van der Waals surface area contributed by atoms with E-state index in [0.29, 0.717) is 44.1 Å². The Morgan fingerprint density at radius 2 is 1.86 bits per heavy atom. The van der Waals surface area contributed by atoms with E-state index in [-0.39, 0.29) is 36.0 Å². The van der Waals surface area contributed by atoms with Crippen LogP contribution >= 0.6 is 0 Å². The second-order valence-corrected chi connectivity index (χ2v) is 7.65. The number of anilines is 2. The number of piperidine rings is 1. The van der Waals surface area contributed by atoms with E-state index in [1.165, 1.54) is 0 Å². The fraction of sp³-hybridized carbons (Fsp3) is 0.429. The van der Waals surface area contributed by atoms with E-state index in [9.17, 15) is 14.4 Å². The standard InChI is InChI=1S/C21H24N4O4/c1-14-11-18(23-29-14)22-20(27)15-7-9-24(10-8-15)21(28)16-12-19(26)25(13-16)17-5-3-2-4-6-17/h2-6,11,15-16H,7-10,12-13H2,1H3,(H,22,23,27). The summed E-state index contributed by atoms with van der Waals surface area (Å²) >= 11 is 0. The maximum Gasteiger partial charge on any atom is 0.228 e. The third-order valence-corrected chi connectivity index (χ3v) is 5.60. The summed E-state index contributed by atoms with van der Waals surface area (Å²) in [4.78, 5) is 41.2. The van der Waals surface area contributed by atoms with Crippen LogP contribution in [0.5, 0.6) is 0 Å². The lowest BCUT2D eigenvalue weighted by Crippen LogP contribution is -2.44. The predicted octanol–water partition coefficient (Wildman–Crippen LogP) is 2.21. The summed E-state index contributed by atoms with van der Waals surface area (Å²) in [6.07, 6.45) is 1.43. The molecule has 3 heterocycles. The Morgan fingerprint density at radius 1 is 1.14 bits per heavy atom. The SMILES string of the molecule is Cc1cc(NC(=O)C2CCN(C(=O)C3CC(=O)N(c4ccccc4)C3)CC2)no1. The lowest BCUT2D eigenvalue weighted by molar-refractivity contribution is -0.138. The van der Waals surface area contributed by atoms with Gasteiger partial charge in [0.1, 0.15) is 5.76 Å². The Bertz CT molecular complexity index is 902. The second kappa shape index (κ2) is 8.06. The molecule has 152 valence electrons. The van der Waals surface area contributed by atoms with E-state index in [2.05, 4.69) is 10.5 Å². The van der Waals surface area contributed by atoms with Gasteiger partial charge in [-0.15, -0.1) is 0 Å². The zero-order valence-electron chi connectivity index (χ0n) is 16.3. The first-order valence-electron chi connectivity index (χ1n) is 9.89. The molecule has 0 saturated carbocycles. The molecule has 8 heteroatoms. The number of likely N-dealkylation sites (tertiary alicyclic amines) is 1. The monoisotopic (exact) mass is 396 g/mol. The number of aryl methyl sites for hydroxylation is 1. The van der Waals surface area contributed by atoms with Gasteiger partial charge >= 0.3 is 0 Å². The van der Waals surface area contributed by atoms with E-state index in [0.717, 1.165) is 5.69 Å². The Kier molecular flexibility index (Phi) is 5.33. The van der Waals surface area contributed by atoms with Crippen molar-refractivity contribution in [2.45, 2.75) is 26.2 Å². The van der Waals surface area contributed by atoms with Crippen molar-refractivity contribution in [2.75, 3.05) is 29.9 Å². The molecular formula is C21H24N4O4. The van der Waals surface area contributed by atoms with E-state index in [1.807, 2.05) is 30.3 Å². The van der Waals surface area contributed by atoms with Gasteiger partial charge in [-0.1, -0.05) is 23.4 Å². The van der Waals surface area contributed by atoms with Gasteiger partial charge < -0.3 is 19.6 Å². The molecule has 1 aromatic carbocycles. The number of benzene rings is 1. The number of amides is 3. The Labute approximate surface area is 168 Å². The van der Waals surface area contributed by atoms with Crippen LogP contribution in [0.15, 0.2) is 40.9 Å². The minimum Gasteiger partial charge on any atom is -0.360 e. The van der Waals surface area contributed by atoms with Gasteiger partial charge in [0, 0.05) is 43.7 Å². The molecule has 4 rings (SSSR count). The number of carbonyl (C=O) groups excluding carboxylic acids is 3. The van der Waals surface area contributed by atoms with Gasteiger partial charge in [-0.05, 0) is 31.9 Å². The minimum absolute atomic E-state index is 0.00256. The average Bonchev–Trinajstić information content (AvgIpc) is 3.33. The molecule has 1 atom stereocenters. The van der Waals surface area contributed by atoms with Crippen molar-refractivity contribution < 1.29 is 18.9 Å². The van der Waals surface area contributed by atoms with Crippen molar-refractivity contribution in [1.29, 1.82) is 0 Å². The van der Waals surface area contributed by atoms with Crippen LogP contribution in [-0.2, 0) is 14.4 Å². The number of nitrogens with zero attached hydrogens (tertiary/aromatic N) is 3. The van der Waals surface area contributed by atoms with Crippen molar-refractivity contribution >= 4 is 29.2 Å². The molecule has 29 heavy (non-hydrogen) atoms. The van der Waals surface area contributed by atoms with E-state index >= 15 is 0 Å². The number of hydrogen-bond acceptors (Lipinski definition) is 5. The first kappa shape index (κ1) is 19.2.